The molecule has 2 aliphatic rings. The third-order valence-corrected chi connectivity index (χ3v) is 6.66. The zero-order valence-electron chi connectivity index (χ0n) is 15.4. The predicted octanol–water partition coefficient (Wildman–Crippen LogP) is 5.47. The Hall–Kier alpha value is -0.0500. The fourth-order valence-corrected chi connectivity index (χ4v) is 4.55. The van der Waals surface area contributed by atoms with Gasteiger partial charge in [0, 0.05) is 6.26 Å². The highest BCUT2D eigenvalue weighted by Crippen LogP contribution is 2.55. The maximum atomic E-state index is 11.4. The molecule has 2 fully saturated rings. The second-order valence-corrected chi connectivity index (χ2v) is 9.67. The van der Waals surface area contributed by atoms with E-state index in [2.05, 4.69) is 27.7 Å². The first-order valence-electron chi connectivity index (χ1n) is 8.87. The van der Waals surface area contributed by atoms with E-state index < -0.39 is 9.84 Å². The van der Waals surface area contributed by atoms with Gasteiger partial charge in [0.25, 0.3) is 0 Å². The van der Waals surface area contributed by atoms with Crippen molar-refractivity contribution in [3.63, 3.8) is 0 Å². The molecule has 2 nitrogen and oxygen atoms in total. The van der Waals surface area contributed by atoms with Crippen molar-refractivity contribution in [3.8, 4) is 0 Å². The molecule has 1 spiro atoms. The summed E-state index contributed by atoms with van der Waals surface area (Å²) in [7, 11) is -2.77. The molecule has 0 aliphatic heterocycles. The molecule has 3 heteroatoms. The molecule has 2 rings (SSSR count). The van der Waals surface area contributed by atoms with Gasteiger partial charge in [-0.3, -0.25) is 0 Å². The predicted molar refractivity (Wildman–Crippen MR) is 94.4 cm³/mol. The smallest absolute Gasteiger partial charge is 0.150 e. The van der Waals surface area contributed by atoms with Crippen molar-refractivity contribution in [3.05, 3.63) is 0 Å². The van der Waals surface area contributed by atoms with Crippen molar-refractivity contribution in [1.82, 2.24) is 0 Å². The Balaban J connectivity index is 0.000000489. The van der Waals surface area contributed by atoms with E-state index in [4.69, 9.17) is 0 Å². The minimum atomic E-state index is -2.77. The van der Waals surface area contributed by atoms with Crippen molar-refractivity contribution in [2.75, 3.05) is 6.26 Å². The summed E-state index contributed by atoms with van der Waals surface area (Å²) in [5.74, 6) is 1.76. The molecule has 0 bridgehead atoms. The Morgan fingerprint density at radius 1 is 1.10 bits per heavy atom. The summed E-state index contributed by atoms with van der Waals surface area (Å²) in [6.07, 6.45) is 9.48. The topological polar surface area (TPSA) is 34.1 Å². The molecule has 0 aromatic carbocycles. The van der Waals surface area contributed by atoms with Gasteiger partial charge in [0.1, 0.15) is 9.84 Å². The zero-order chi connectivity index (χ0) is 16.7. The summed E-state index contributed by atoms with van der Waals surface area (Å²) in [5.41, 5.74) is 0.556. The van der Waals surface area contributed by atoms with Crippen LogP contribution in [0, 0.1) is 17.3 Å². The summed E-state index contributed by atoms with van der Waals surface area (Å²) in [6, 6.07) is 0. The highest BCUT2D eigenvalue weighted by molar-refractivity contribution is 7.91. The van der Waals surface area contributed by atoms with Gasteiger partial charge < -0.3 is 0 Å². The van der Waals surface area contributed by atoms with Crippen molar-refractivity contribution in [2.24, 2.45) is 17.3 Å². The van der Waals surface area contributed by atoms with Crippen LogP contribution < -0.4 is 0 Å². The minimum Gasteiger partial charge on any atom is -0.229 e. The number of hydrogen-bond acceptors (Lipinski definition) is 2. The van der Waals surface area contributed by atoms with Crippen molar-refractivity contribution in [2.45, 2.75) is 91.7 Å². The van der Waals surface area contributed by atoms with E-state index >= 15 is 0 Å². The Labute approximate surface area is 134 Å². The Morgan fingerprint density at radius 2 is 1.48 bits per heavy atom. The molecule has 0 aromatic heterocycles. The second kappa shape index (κ2) is 9.17. The fourth-order valence-electron chi connectivity index (χ4n) is 3.46. The Morgan fingerprint density at radius 3 is 1.71 bits per heavy atom. The van der Waals surface area contributed by atoms with E-state index in [1.54, 1.807) is 0 Å². The zero-order valence-corrected chi connectivity index (χ0v) is 16.2. The second-order valence-electron chi connectivity index (χ2n) is 7.34. The number of rotatable bonds is 2. The molecular weight excluding hydrogens is 280 g/mol. The van der Waals surface area contributed by atoms with E-state index in [0.717, 1.165) is 37.5 Å². The minimum absolute atomic E-state index is 0.0379. The van der Waals surface area contributed by atoms with Crippen LogP contribution in [0.1, 0.15) is 86.5 Å². The molecule has 0 N–H and O–H groups in total. The van der Waals surface area contributed by atoms with Crippen LogP contribution in [0.5, 0.6) is 0 Å². The molecule has 0 unspecified atom stereocenters. The average molecular weight is 319 g/mol. The molecule has 0 atom stereocenters. The summed E-state index contributed by atoms with van der Waals surface area (Å²) in [4.78, 5) is 0. The third kappa shape index (κ3) is 7.17. The van der Waals surface area contributed by atoms with Gasteiger partial charge in [-0.05, 0) is 55.8 Å². The van der Waals surface area contributed by atoms with Crippen LogP contribution in [0.3, 0.4) is 0 Å². The van der Waals surface area contributed by atoms with Crippen LogP contribution in [-0.4, -0.2) is 19.9 Å². The van der Waals surface area contributed by atoms with Gasteiger partial charge in [-0.15, -0.1) is 0 Å². The summed E-state index contributed by atoms with van der Waals surface area (Å²) in [5, 5.41) is -0.0379. The maximum Gasteiger partial charge on any atom is 0.150 e. The molecule has 128 valence electrons. The lowest BCUT2D eigenvalue weighted by atomic mass is 9.56. The van der Waals surface area contributed by atoms with Crippen LogP contribution in [-0.2, 0) is 9.84 Å². The SMILES string of the molecule is CC.CC1CC2(CCC(S(C)(=O)=O)CC2)C1.CCC(C)C. The van der Waals surface area contributed by atoms with Gasteiger partial charge in [0.15, 0.2) is 0 Å². The molecule has 0 amide bonds. The van der Waals surface area contributed by atoms with Gasteiger partial charge >= 0.3 is 0 Å². The average Bonchev–Trinajstić information content (AvgIpc) is 2.40. The normalized spacial score (nSPS) is 31.6. The van der Waals surface area contributed by atoms with Crippen molar-refractivity contribution < 1.29 is 8.42 Å². The van der Waals surface area contributed by atoms with E-state index in [0.29, 0.717) is 5.41 Å². The molecule has 21 heavy (non-hydrogen) atoms. The first-order chi connectivity index (χ1) is 9.68. The standard InChI is InChI=1S/C11H20O2S.C5H12.C2H6/c1-9-7-11(8-9)5-3-10(4-6-11)14(2,12)13;1-4-5(2)3;1-2/h9-10H,3-8H2,1-2H3;5H,4H2,1-3H3;1-2H3. The number of hydrogen-bond donors (Lipinski definition) is 0. The van der Waals surface area contributed by atoms with Crippen LogP contribution >= 0.6 is 0 Å². The summed E-state index contributed by atoms with van der Waals surface area (Å²) >= 11 is 0. The highest BCUT2D eigenvalue weighted by Gasteiger charge is 2.45. The first-order valence-corrected chi connectivity index (χ1v) is 10.8. The molecule has 2 aliphatic carbocycles. The van der Waals surface area contributed by atoms with Crippen LogP contribution in [0.4, 0.5) is 0 Å². The van der Waals surface area contributed by atoms with Gasteiger partial charge in [0.2, 0.25) is 0 Å². The first kappa shape index (κ1) is 20.9. The molecule has 2 saturated carbocycles. The summed E-state index contributed by atoms with van der Waals surface area (Å²) < 4.78 is 22.7. The fraction of sp³-hybridized carbons (Fsp3) is 1.00. The van der Waals surface area contributed by atoms with Gasteiger partial charge in [-0.2, -0.15) is 0 Å². The van der Waals surface area contributed by atoms with Crippen LogP contribution in [0.25, 0.3) is 0 Å². The lowest BCUT2D eigenvalue weighted by Gasteiger charge is -2.50. The van der Waals surface area contributed by atoms with Gasteiger partial charge in [0.05, 0.1) is 5.25 Å². The van der Waals surface area contributed by atoms with E-state index in [-0.39, 0.29) is 5.25 Å². The summed E-state index contributed by atoms with van der Waals surface area (Å²) in [6.45, 7) is 12.9. The van der Waals surface area contributed by atoms with Crippen LogP contribution in [0.2, 0.25) is 0 Å². The molecule has 0 aromatic rings. The van der Waals surface area contributed by atoms with E-state index in [9.17, 15) is 8.42 Å². The molecule has 0 radical (unpaired) electrons. The van der Waals surface area contributed by atoms with E-state index in [1.807, 2.05) is 13.8 Å². The van der Waals surface area contributed by atoms with Crippen molar-refractivity contribution >= 4 is 9.84 Å². The van der Waals surface area contributed by atoms with Gasteiger partial charge in [-0.1, -0.05) is 48.0 Å². The highest BCUT2D eigenvalue weighted by atomic mass is 32.2. The maximum absolute atomic E-state index is 11.4. The van der Waals surface area contributed by atoms with Crippen LogP contribution in [0.15, 0.2) is 0 Å². The van der Waals surface area contributed by atoms with Crippen molar-refractivity contribution in [1.29, 1.82) is 0 Å². The number of sulfone groups is 1. The molecular formula is C18H38O2S. The molecule has 0 heterocycles. The third-order valence-electron chi connectivity index (χ3n) is 4.98. The lowest BCUT2D eigenvalue weighted by Crippen LogP contribution is -2.41. The molecule has 0 saturated heterocycles. The van der Waals surface area contributed by atoms with Gasteiger partial charge in [-0.25, -0.2) is 8.42 Å². The Kier molecular flexibility index (Phi) is 9.15. The largest absolute Gasteiger partial charge is 0.229 e. The Bertz CT molecular complexity index is 355. The quantitative estimate of drug-likeness (QED) is 0.676. The lowest BCUT2D eigenvalue weighted by molar-refractivity contribution is 0.0254. The monoisotopic (exact) mass is 318 g/mol. The van der Waals surface area contributed by atoms with E-state index in [1.165, 1.54) is 25.5 Å².